The van der Waals surface area contributed by atoms with Crippen LogP contribution in [0.3, 0.4) is 0 Å². The van der Waals surface area contributed by atoms with Crippen LogP contribution in [0.15, 0.2) is 42.7 Å². The number of hydrogen-bond acceptors (Lipinski definition) is 6. The minimum absolute atomic E-state index is 0.192. The van der Waals surface area contributed by atoms with Gasteiger partial charge in [-0.25, -0.2) is 4.79 Å². The standard InChI is InChI=1S/C16H17N3O5/c1-16(2,3)24-15(20)18-11-7-12(19(21)22)9-14(8-11)23-13-5-4-6-17-10-13/h4-10H,1-3H3,(H,18,20). The summed E-state index contributed by atoms with van der Waals surface area (Å²) in [6, 6.07) is 7.27. The second-order valence-electron chi connectivity index (χ2n) is 5.89. The van der Waals surface area contributed by atoms with Gasteiger partial charge in [-0.1, -0.05) is 0 Å². The molecule has 0 aliphatic carbocycles. The molecule has 2 aromatic rings. The molecule has 8 heteroatoms. The predicted octanol–water partition coefficient (Wildman–Crippen LogP) is 4.13. The van der Waals surface area contributed by atoms with Crippen LogP contribution in [0, 0.1) is 10.1 Å². The highest BCUT2D eigenvalue weighted by molar-refractivity contribution is 5.85. The first-order chi connectivity index (χ1) is 11.2. The summed E-state index contributed by atoms with van der Waals surface area (Å²) < 4.78 is 10.7. The molecule has 0 saturated carbocycles. The van der Waals surface area contributed by atoms with Gasteiger partial charge in [-0.05, 0) is 32.9 Å². The van der Waals surface area contributed by atoms with Crippen LogP contribution in [0.1, 0.15) is 20.8 Å². The lowest BCUT2D eigenvalue weighted by Gasteiger charge is -2.19. The van der Waals surface area contributed by atoms with Crippen molar-refractivity contribution in [3.8, 4) is 11.5 Å². The zero-order valence-corrected chi connectivity index (χ0v) is 13.5. The molecule has 0 aliphatic rings. The molecule has 1 aromatic heterocycles. The number of aromatic nitrogens is 1. The molecular weight excluding hydrogens is 314 g/mol. The zero-order valence-electron chi connectivity index (χ0n) is 13.5. The zero-order chi connectivity index (χ0) is 17.7. The van der Waals surface area contributed by atoms with Crippen LogP contribution in [0.25, 0.3) is 0 Å². The molecular formula is C16H17N3O5. The number of benzene rings is 1. The summed E-state index contributed by atoms with van der Waals surface area (Å²) >= 11 is 0. The Bertz CT molecular complexity index is 741. The van der Waals surface area contributed by atoms with Crippen LogP contribution in [-0.2, 0) is 4.74 Å². The number of pyridine rings is 1. The fraction of sp³-hybridized carbons (Fsp3) is 0.250. The van der Waals surface area contributed by atoms with Crippen molar-refractivity contribution < 1.29 is 19.2 Å². The molecule has 2 rings (SSSR count). The van der Waals surface area contributed by atoms with Gasteiger partial charge in [-0.15, -0.1) is 0 Å². The Morgan fingerprint density at radius 3 is 2.58 bits per heavy atom. The molecule has 0 unspecified atom stereocenters. The molecule has 0 fully saturated rings. The number of nitro groups is 1. The molecule has 1 N–H and O–H groups in total. The lowest BCUT2D eigenvalue weighted by molar-refractivity contribution is -0.384. The first-order valence-corrected chi connectivity index (χ1v) is 7.10. The largest absolute Gasteiger partial charge is 0.455 e. The molecule has 0 bridgehead atoms. The second kappa shape index (κ2) is 6.95. The van der Waals surface area contributed by atoms with Gasteiger partial charge >= 0.3 is 6.09 Å². The van der Waals surface area contributed by atoms with E-state index in [1.54, 1.807) is 39.1 Å². The minimum Gasteiger partial charge on any atom is -0.455 e. The van der Waals surface area contributed by atoms with Crippen LogP contribution >= 0.6 is 0 Å². The van der Waals surface area contributed by atoms with E-state index in [1.807, 2.05) is 0 Å². The van der Waals surface area contributed by atoms with Crippen LogP contribution in [0.4, 0.5) is 16.2 Å². The van der Waals surface area contributed by atoms with Crippen molar-refractivity contribution in [3.63, 3.8) is 0 Å². The SMILES string of the molecule is CC(C)(C)OC(=O)Nc1cc(Oc2cccnc2)cc([N+](=O)[O-])c1. The summed E-state index contributed by atoms with van der Waals surface area (Å²) in [5, 5.41) is 13.5. The number of anilines is 1. The van der Waals surface area contributed by atoms with E-state index in [2.05, 4.69) is 10.3 Å². The quantitative estimate of drug-likeness (QED) is 0.667. The molecule has 1 amide bonds. The third-order valence-corrected chi connectivity index (χ3v) is 2.62. The van der Waals surface area contributed by atoms with Gasteiger partial charge in [0, 0.05) is 18.3 Å². The molecule has 126 valence electrons. The molecule has 0 aliphatic heterocycles. The summed E-state index contributed by atoms with van der Waals surface area (Å²) in [5.41, 5.74) is -0.709. The third-order valence-electron chi connectivity index (χ3n) is 2.62. The van der Waals surface area contributed by atoms with Crippen molar-refractivity contribution in [1.82, 2.24) is 4.98 Å². The van der Waals surface area contributed by atoms with Gasteiger partial charge in [-0.2, -0.15) is 0 Å². The molecule has 1 aromatic carbocycles. The van der Waals surface area contributed by atoms with Gasteiger partial charge in [0.05, 0.1) is 22.9 Å². The van der Waals surface area contributed by atoms with Gasteiger partial charge < -0.3 is 9.47 Å². The average Bonchev–Trinajstić information content (AvgIpc) is 2.45. The summed E-state index contributed by atoms with van der Waals surface area (Å²) in [7, 11) is 0. The number of carbonyl (C=O) groups is 1. The first kappa shape index (κ1) is 17.2. The van der Waals surface area contributed by atoms with Crippen LogP contribution in [0.2, 0.25) is 0 Å². The number of non-ortho nitro benzene ring substituents is 1. The topological polar surface area (TPSA) is 104 Å². The van der Waals surface area contributed by atoms with E-state index < -0.39 is 16.6 Å². The van der Waals surface area contributed by atoms with Gasteiger partial charge in [0.2, 0.25) is 0 Å². The molecule has 0 spiro atoms. The van der Waals surface area contributed by atoms with Crippen molar-refractivity contribution in [2.45, 2.75) is 26.4 Å². The summed E-state index contributed by atoms with van der Waals surface area (Å²) in [6.07, 6.45) is 2.34. The number of nitrogens with zero attached hydrogens (tertiary/aromatic N) is 2. The van der Waals surface area contributed by atoms with Crippen molar-refractivity contribution >= 4 is 17.5 Å². The summed E-state index contributed by atoms with van der Waals surface area (Å²) in [4.78, 5) is 26.2. The third kappa shape index (κ3) is 5.24. The molecule has 1 heterocycles. The maximum atomic E-state index is 11.8. The summed E-state index contributed by atoms with van der Waals surface area (Å²) in [5.74, 6) is 0.615. The van der Waals surface area contributed by atoms with Crippen molar-refractivity contribution in [3.05, 3.63) is 52.8 Å². The van der Waals surface area contributed by atoms with E-state index >= 15 is 0 Å². The number of ether oxygens (including phenoxy) is 2. The van der Waals surface area contributed by atoms with E-state index in [0.29, 0.717) is 5.75 Å². The van der Waals surface area contributed by atoms with E-state index in [0.717, 1.165) is 0 Å². The Morgan fingerprint density at radius 2 is 2.00 bits per heavy atom. The second-order valence-corrected chi connectivity index (χ2v) is 5.89. The highest BCUT2D eigenvalue weighted by Crippen LogP contribution is 2.29. The van der Waals surface area contributed by atoms with Gasteiger partial charge in [0.25, 0.3) is 5.69 Å². The maximum Gasteiger partial charge on any atom is 0.412 e. The molecule has 24 heavy (non-hydrogen) atoms. The number of hydrogen-bond donors (Lipinski definition) is 1. The molecule has 8 nitrogen and oxygen atoms in total. The van der Waals surface area contributed by atoms with Crippen LogP contribution in [-0.4, -0.2) is 21.6 Å². The van der Waals surface area contributed by atoms with Gasteiger partial charge in [0.1, 0.15) is 17.1 Å². The Hall–Kier alpha value is -3.16. The van der Waals surface area contributed by atoms with E-state index in [4.69, 9.17) is 9.47 Å². The van der Waals surface area contributed by atoms with Crippen LogP contribution in [0.5, 0.6) is 11.5 Å². The lowest BCUT2D eigenvalue weighted by Crippen LogP contribution is -2.27. The fourth-order valence-corrected chi connectivity index (χ4v) is 1.78. The van der Waals surface area contributed by atoms with E-state index in [9.17, 15) is 14.9 Å². The Kier molecular flexibility index (Phi) is 4.98. The monoisotopic (exact) mass is 331 g/mol. The number of rotatable bonds is 4. The highest BCUT2D eigenvalue weighted by atomic mass is 16.6. The molecule has 0 saturated heterocycles. The minimum atomic E-state index is -0.713. The summed E-state index contributed by atoms with van der Waals surface area (Å²) in [6.45, 7) is 5.16. The fourth-order valence-electron chi connectivity index (χ4n) is 1.78. The number of nitro benzene ring substituents is 1. The maximum absolute atomic E-state index is 11.8. The normalized spacial score (nSPS) is 10.8. The smallest absolute Gasteiger partial charge is 0.412 e. The first-order valence-electron chi connectivity index (χ1n) is 7.10. The Balaban J connectivity index is 2.24. The molecule has 0 radical (unpaired) electrons. The number of amides is 1. The van der Waals surface area contributed by atoms with Gasteiger partial charge in [0.15, 0.2) is 0 Å². The Morgan fingerprint density at radius 1 is 1.25 bits per heavy atom. The predicted molar refractivity (Wildman–Crippen MR) is 87.3 cm³/mol. The highest BCUT2D eigenvalue weighted by Gasteiger charge is 2.18. The van der Waals surface area contributed by atoms with Crippen LogP contribution < -0.4 is 10.1 Å². The van der Waals surface area contributed by atoms with E-state index in [-0.39, 0.29) is 17.1 Å². The number of nitrogens with one attached hydrogen (secondary N) is 1. The van der Waals surface area contributed by atoms with Gasteiger partial charge in [-0.3, -0.25) is 20.4 Å². The average molecular weight is 331 g/mol. The van der Waals surface area contributed by atoms with Crippen molar-refractivity contribution in [1.29, 1.82) is 0 Å². The lowest BCUT2D eigenvalue weighted by atomic mass is 10.2. The Labute approximate surface area is 138 Å². The van der Waals surface area contributed by atoms with Crippen molar-refractivity contribution in [2.24, 2.45) is 0 Å². The number of carbonyl (C=O) groups excluding carboxylic acids is 1. The van der Waals surface area contributed by atoms with E-state index in [1.165, 1.54) is 24.4 Å². The molecule has 0 atom stereocenters. The van der Waals surface area contributed by atoms with Crippen molar-refractivity contribution in [2.75, 3.05) is 5.32 Å².